The fraction of sp³-hybridized carbons (Fsp3) is 0.0870. The highest BCUT2D eigenvalue weighted by molar-refractivity contribution is 7.80. The van der Waals surface area contributed by atoms with Gasteiger partial charge in [0, 0.05) is 5.69 Å². The molecule has 0 aliphatic rings. The number of carbonyl (C=O) groups excluding carboxylic acids is 1. The summed E-state index contributed by atoms with van der Waals surface area (Å²) in [6.45, 7) is 1.87. The van der Waals surface area contributed by atoms with Crippen molar-refractivity contribution < 1.29 is 13.6 Å². The van der Waals surface area contributed by atoms with Crippen LogP contribution in [-0.4, -0.2) is 11.0 Å². The fourth-order valence-corrected chi connectivity index (χ4v) is 3.14. The SMILES string of the molecule is CC(NC(=S)Nc1ccc(NC(=O)c2ccccc2F)cc1C#N)c1ccc(F)cc1. The molecular formula is C23H18F2N4OS. The molecule has 8 heteroatoms. The minimum absolute atomic E-state index is 0.0941. The third kappa shape index (κ3) is 5.62. The van der Waals surface area contributed by atoms with Crippen molar-refractivity contribution in [3.05, 3.63) is 95.1 Å². The lowest BCUT2D eigenvalue weighted by atomic mass is 10.1. The van der Waals surface area contributed by atoms with E-state index >= 15 is 0 Å². The third-order valence-electron chi connectivity index (χ3n) is 4.48. The van der Waals surface area contributed by atoms with Gasteiger partial charge >= 0.3 is 0 Å². The summed E-state index contributed by atoms with van der Waals surface area (Å²) < 4.78 is 26.9. The number of benzene rings is 3. The molecule has 31 heavy (non-hydrogen) atoms. The van der Waals surface area contributed by atoms with Gasteiger partial charge in [-0.1, -0.05) is 24.3 Å². The van der Waals surface area contributed by atoms with Gasteiger partial charge in [0.05, 0.1) is 22.9 Å². The van der Waals surface area contributed by atoms with Crippen molar-refractivity contribution in [2.24, 2.45) is 0 Å². The van der Waals surface area contributed by atoms with Gasteiger partial charge in [-0.3, -0.25) is 4.79 Å². The van der Waals surface area contributed by atoms with E-state index < -0.39 is 11.7 Å². The second kappa shape index (κ2) is 9.78. The summed E-state index contributed by atoms with van der Waals surface area (Å²) in [5, 5.41) is 18.3. The van der Waals surface area contributed by atoms with Crippen LogP contribution in [0.25, 0.3) is 0 Å². The van der Waals surface area contributed by atoms with Gasteiger partial charge in [-0.2, -0.15) is 5.26 Å². The Morgan fingerprint density at radius 2 is 1.74 bits per heavy atom. The van der Waals surface area contributed by atoms with Crippen LogP contribution in [0.15, 0.2) is 66.7 Å². The number of amides is 1. The van der Waals surface area contributed by atoms with E-state index in [1.807, 2.05) is 13.0 Å². The smallest absolute Gasteiger partial charge is 0.258 e. The molecule has 1 amide bonds. The van der Waals surface area contributed by atoms with Crippen molar-refractivity contribution in [3.8, 4) is 6.07 Å². The second-order valence-electron chi connectivity index (χ2n) is 6.68. The predicted molar refractivity (Wildman–Crippen MR) is 120 cm³/mol. The lowest BCUT2D eigenvalue weighted by molar-refractivity contribution is 0.102. The van der Waals surface area contributed by atoms with Crippen LogP contribution in [0.1, 0.15) is 34.5 Å². The van der Waals surface area contributed by atoms with Crippen LogP contribution in [0.4, 0.5) is 20.2 Å². The summed E-state index contributed by atoms with van der Waals surface area (Å²) in [6, 6.07) is 18.2. The zero-order valence-corrected chi connectivity index (χ0v) is 17.3. The standard InChI is InChI=1S/C23H18F2N4OS/c1-14(15-6-8-17(24)9-7-15)27-23(31)29-21-11-10-18(12-16(21)13-26)28-22(30)19-4-2-3-5-20(19)25/h2-12,14H,1H3,(H,28,30)(H2,27,29,31). The monoisotopic (exact) mass is 436 g/mol. The van der Waals surface area contributed by atoms with Crippen molar-refractivity contribution in [1.82, 2.24) is 5.32 Å². The molecule has 1 unspecified atom stereocenters. The fourth-order valence-electron chi connectivity index (χ4n) is 2.86. The summed E-state index contributed by atoms with van der Waals surface area (Å²) in [7, 11) is 0. The zero-order chi connectivity index (χ0) is 22.4. The van der Waals surface area contributed by atoms with E-state index in [-0.39, 0.29) is 28.1 Å². The first-order chi connectivity index (χ1) is 14.9. The molecule has 0 saturated carbocycles. The molecule has 3 aromatic carbocycles. The van der Waals surface area contributed by atoms with E-state index in [2.05, 4.69) is 16.0 Å². The first kappa shape index (κ1) is 21.9. The Morgan fingerprint density at radius 3 is 2.42 bits per heavy atom. The topological polar surface area (TPSA) is 76.9 Å². The van der Waals surface area contributed by atoms with Crippen molar-refractivity contribution in [2.45, 2.75) is 13.0 Å². The molecular weight excluding hydrogens is 418 g/mol. The number of nitriles is 1. The quantitative estimate of drug-likeness (QED) is 0.483. The Balaban J connectivity index is 1.67. The van der Waals surface area contributed by atoms with E-state index in [9.17, 15) is 18.8 Å². The predicted octanol–water partition coefficient (Wildman–Crippen LogP) is 5.14. The molecule has 5 nitrogen and oxygen atoms in total. The summed E-state index contributed by atoms with van der Waals surface area (Å²) >= 11 is 5.31. The number of hydrogen-bond acceptors (Lipinski definition) is 3. The van der Waals surface area contributed by atoms with Crippen molar-refractivity contribution in [3.63, 3.8) is 0 Å². The van der Waals surface area contributed by atoms with Crippen molar-refractivity contribution >= 4 is 34.6 Å². The maximum absolute atomic E-state index is 13.8. The van der Waals surface area contributed by atoms with Gasteiger partial charge in [0.1, 0.15) is 17.7 Å². The highest BCUT2D eigenvalue weighted by Crippen LogP contribution is 2.21. The molecule has 0 radical (unpaired) electrons. The molecule has 0 aromatic heterocycles. The van der Waals surface area contributed by atoms with Gasteiger partial charge in [-0.05, 0) is 67.2 Å². The summed E-state index contributed by atoms with van der Waals surface area (Å²) in [4.78, 5) is 12.3. The molecule has 1 atom stereocenters. The molecule has 3 rings (SSSR count). The van der Waals surface area contributed by atoms with Crippen molar-refractivity contribution in [2.75, 3.05) is 10.6 Å². The molecule has 0 bridgehead atoms. The number of hydrogen-bond donors (Lipinski definition) is 3. The van der Waals surface area contributed by atoms with Crippen LogP contribution in [0.2, 0.25) is 0 Å². The largest absolute Gasteiger partial charge is 0.356 e. The maximum atomic E-state index is 13.8. The first-order valence-corrected chi connectivity index (χ1v) is 9.71. The maximum Gasteiger partial charge on any atom is 0.258 e. The number of nitrogens with one attached hydrogen (secondary N) is 3. The molecule has 0 saturated heterocycles. The van der Waals surface area contributed by atoms with Crippen LogP contribution in [0, 0.1) is 23.0 Å². The number of thiocarbonyl (C=S) groups is 1. The van der Waals surface area contributed by atoms with E-state index in [1.54, 1.807) is 30.3 Å². The van der Waals surface area contributed by atoms with E-state index in [1.165, 1.54) is 36.4 Å². The zero-order valence-electron chi connectivity index (χ0n) is 16.4. The van der Waals surface area contributed by atoms with Gasteiger partial charge < -0.3 is 16.0 Å². The van der Waals surface area contributed by atoms with Gasteiger partial charge in [-0.15, -0.1) is 0 Å². The molecule has 3 N–H and O–H groups in total. The minimum Gasteiger partial charge on any atom is -0.356 e. The Bertz CT molecular complexity index is 1160. The van der Waals surface area contributed by atoms with E-state index in [4.69, 9.17) is 12.2 Å². The van der Waals surface area contributed by atoms with Crippen LogP contribution in [-0.2, 0) is 0 Å². The van der Waals surface area contributed by atoms with Gasteiger partial charge in [0.15, 0.2) is 5.11 Å². The highest BCUT2D eigenvalue weighted by Gasteiger charge is 2.13. The number of anilines is 2. The van der Waals surface area contributed by atoms with Crippen molar-refractivity contribution in [1.29, 1.82) is 5.26 Å². The third-order valence-corrected chi connectivity index (χ3v) is 4.70. The summed E-state index contributed by atoms with van der Waals surface area (Å²) in [6.07, 6.45) is 0. The lowest BCUT2D eigenvalue weighted by Crippen LogP contribution is -2.31. The molecule has 0 spiro atoms. The van der Waals surface area contributed by atoms with Gasteiger partial charge in [-0.25, -0.2) is 8.78 Å². The second-order valence-corrected chi connectivity index (χ2v) is 7.09. The summed E-state index contributed by atoms with van der Waals surface area (Å²) in [5.74, 6) is -1.57. The Morgan fingerprint density at radius 1 is 1.03 bits per heavy atom. The first-order valence-electron chi connectivity index (χ1n) is 9.30. The Labute approximate surface area is 183 Å². The molecule has 156 valence electrons. The molecule has 0 fully saturated rings. The number of carbonyl (C=O) groups is 1. The van der Waals surface area contributed by atoms with Crippen LogP contribution in [0.5, 0.6) is 0 Å². The average molecular weight is 436 g/mol. The molecule has 3 aromatic rings. The molecule has 0 aliphatic heterocycles. The van der Waals surface area contributed by atoms with Crippen LogP contribution in [0.3, 0.4) is 0 Å². The highest BCUT2D eigenvalue weighted by atomic mass is 32.1. The molecule has 0 heterocycles. The minimum atomic E-state index is -0.634. The average Bonchev–Trinajstić information content (AvgIpc) is 2.75. The van der Waals surface area contributed by atoms with E-state index in [0.717, 1.165) is 5.56 Å². The Hall–Kier alpha value is -3.83. The number of halogens is 2. The van der Waals surface area contributed by atoms with Gasteiger partial charge in [0.25, 0.3) is 5.91 Å². The normalized spacial score (nSPS) is 11.2. The summed E-state index contributed by atoms with van der Waals surface area (Å²) in [5.41, 5.74) is 1.77. The van der Waals surface area contributed by atoms with E-state index in [0.29, 0.717) is 11.4 Å². The van der Waals surface area contributed by atoms with Gasteiger partial charge in [0.2, 0.25) is 0 Å². The Kier molecular flexibility index (Phi) is 6.90. The van der Waals surface area contributed by atoms with Crippen LogP contribution < -0.4 is 16.0 Å². The lowest BCUT2D eigenvalue weighted by Gasteiger charge is -2.18. The number of nitrogens with zero attached hydrogens (tertiary/aromatic N) is 1. The molecule has 0 aliphatic carbocycles. The number of rotatable bonds is 5. The van der Waals surface area contributed by atoms with Crippen LogP contribution >= 0.6 is 12.2 Å².